The molecule has 0 spiro atoms. The minimum atomic E-state index is -0.224. The number of carbonyl (C=O) groups excluding carboxylic acids is 1. The maximum Gasteiger partial charge on any atom is 0.287 e. The second-order valence-corrected chi connectivity index (χ2v) is 3.44. The fourth-order valence-electron chi connectivity index (χ4n) is 1.12. The third-order valence-electron chi connectivity index (χ3n) is 1.86. The lowest BCUT2D eigenvalue weighted by atomic mass is 10.4. The summed E-state index contributed by atoms with van der Waals surface area (Å²) in [4.78, 5) is 11.4. The van der Waals surface area contributed by atoms with Gasteiger partial charge in [-0.15, -0.1) is 0 Å². The fraction of sp³-hybridized carbons (Fsp3) is 0.500. The number of carbonyl (C=O) groups is 1. The average molecular weight is 231 g/mol. The third kappa shape index (κ3) is 4.36. The maximum atomic E-state index is 11.4. The van der Waals surface area contributed by atoms with Crippen LogP contribution in [0.15, 0.2) is 16.5 Å². The Hall–Kier alpha value is -1.00. The van der Waals surface area contributed by atoms with Crippen molar-refractivity contribution in [3.05, 3.63) is 23.1 Å². The molecule has 0 unspecified atom stereocenters. The molecule has 5 heteroatoms. The Labute approximate surface area is 94.0 Å². The van der Waals surface area contributed by atoms with Crippen LogP contribution in [0.25, 0.3) is 0 Å². The molecule has 0 fully saturated rings. The van der Waals surface area contributed by atoms with Gasteiger partial charge >= 0.3 is 0 Å². The zero-order valence-electron chi connectivity index (χ0n) is 8.68. The molecule has 0 saturated heterocycles. The van der Waals surface area contributed by atoms with E-state index in [2.05, 4.69) is 10.6 Å². The van der Waals surface area contributed by atoms with E-state index in [9.17, 15) is 4.79 Å². The Bertz CT molecular complexity index is 312. The van der Waals surface area contributed by atoms with Crippen LogP contribution in [0.1, 0.15) is 23.9 Å². The molecular weight excluding hydrogens is 216 g/mol. The molecule has 1 rings (SSSR count). The first kappa shape index (κ1) is 12.1. The molecule has 1 heterocycles. The van der Waals surface area contributed by atoms with Gasteiger partial charge < -0.3 is 15.1 Å². The summed E-state index contributed by atoms with van der Waals surface area (Å²) >= 11 is 5.55. The second-order valence-electron chi connectivity index (χ2n) is 3.07. The first-order valence-corrected chi connectivity index (χ1v) is 5.36. The normalized spacial score (nSPS) is 10.3. The van der Waals surface area contributed by atoms with Crippen molar-refractivity contribution in [3.8, 4) is 0 Å². The maximum absolute atomic E-state index is 11.4. The number of hydrogen-bond acceptors (Lipinski definition) is 3. The van der Waals surface area contributed by atoms with Crippen molar-refractivity contribution in [2.45, 2.75) is 13.3 Å². The van der Waals surface area contributed by atoms with Gasteiger partial charge in [0.1, 0.15) is 0 Å². The lowest BCUT2D eigenvalue weighted by Gasteiger charge is -2.03. The molecule has 15 heavy (non-hydrogen) atoms. The number of rotatable bonds is 6. The van der Waals surface area contributed by atoms with E-state index in [-0.39, 0.29) is 16.9 Å². The van der Waals surface area contributed by atoms with E-state index in [1.54, 1.807) is 12.1 Å². The van der Waals surface area contributed by atoms with E-state index in [0.717, 1.165) is 19.5 Å². The van der Waals surface area contributed by atoms with E-state index in [0.29, 0.717) is 6.54 Å². The van der Waals surface area contributed by atoms with Gasteiger partial charge in [0.25, 0.3) is 5.91 Å². The number of nitrogens with one attached hydrogen (secondary N) is 2. The van der Waals surface area contributed by atoms with Crippen LogP contribution in [0.3, 0.4) is 0 Å². The molecule has 1 amide bonds. The third-order valence-corrected chi connectivity index (χ3v) is 2.07. The quantitative estimate of drug-likeness (QED) is 0.731. The second kappa shape index (κ2) is 6.48. The zero-order chi connectivity index (χ0) is 11.1. The largest absolute Gasteiger partial charge is 0.440 e. The van der Waals surface area contributed by atoms with Crippen molar-refractivity contribution in [1.82, 2.24) is 10.6 Å². The number of furan rings is 1. The molecule has 84 valence electrons. The first-order chi connectivity index (χ1) is 7.24. The van der Waals surface area contributed by atoms with Crippen LogP contribution in [0.5, 0.6) is 0 Å². The number of hydrogen-bond donors (Lipinski definition) is 2. The molecule has 0 saturated carbocycles. The van der Waals surface area contributed by atoms with E-state index in [4.69, 9.17) is 16.0 Å². The lowest BCUT2D eigenvalue weighted by molar-refractivity contribution is 0.0925. The van der Waals surface area contributed by atoms with Crippen LogP contribution in [0.4, 0.5) is 0 Å². The number of amides is 1. The zero-order valence-corrected chi connectivity index (χ0v) is 9.43. The lowest BCUT2D eigenvalue weighted by Crippen LogP contribution is -2.26. The fourth-order valence-corrected chi connectivity index (χ4v) is 1.26. The highest BCUT2D eigenvalue weighted by molar-refractivity contribution is 6.29. The molecule has 0 aliphatic rings. The summed E-state index contributed by atoms with van der Waals surface area (Å²) in [6.07, 6.45) is 0.897. The summed E-state index contributed by atoms with van der Waals surface area (Å²) in [6.45, 7) is 4.52. The molecule has 1 aromatic rings. The minimum absolute atomic E-state index is 0.224. The highest BCUT2D eigenvalue weighted by Gasteiger charge is 2.08. The summed E-state index contributed by atoms with van der Waals surface area (Å²) in [5.74, 6) is 0.0295. The molecule has 0 radical (unpaired) electrons. The Morgan fingerprint density at radius 2 is 2.27 bits per heavy atom. The van der Waals surface area contributed by atoms with Gasteiger partial charge in [-0.3, -0.25) is 4.79 Å². The van der Waals surface area contributed by atoms with E-state index in [1.165, 1.54) is 0 Å². The minimum Gasteiger partial charge on any atom is -0.440 e. The molecule has 0 bridgehead atoms. The van der Waals surface area contributed by atoms with Crippen LogP contribution >= 0.6 is 11.6 Å². The highest BCUT2D eigenvalue weighted by atomic mass is 35.5. The van der Waals surface area contributed by atoms with Crippen molar-refractivity contribution < 1.29 is 9.21 Å². The SMILES string of the molecule is CCNCCCNC(=O)c1ccc(Cl)o1. The molecule has 0 aromatic carbocycles. The standard InChI is InChI=1S/C10H15ClN2O2/c1-2-12-6-3-7-13-10(14)8-4-5-9(11)15-8/h4-5,12H,2-3,6-7H2,1H3,(H,13,14). The Morgan fingerprint density at radius 3 is 2.87 bits per heavy atom. The molecule has 4 nitrogen and oxygen atoms in total. The van der Waals surface area contributed by atoms with Gasteiger partial charge in [-0.1, -0.05) is 6.92 Å². The topological polar surface area (TPSA) is 54.3 Å². The van der Waals surface area contributed by atoms with Crippen molar-refractivity contribution >= 4 is 17.5 Å². The predicted molar refractivity (Wildman–Crippen MR) is 59.2 cm³/mol. The van der Waals surface area contributed by atoms with Gasteiger partial charge in [0, 0.05) is 6.54 Å². The summed E-state index contributed by atoms with van der Waals surface area (Å²) in [5.41, 5.74) is 0. The van der Waals surface area contributed by atoms with Crippen LogP contribution in [-0.4, -0.2) is 25.5 Å². The van der Waals surface area contributed by atoms with E-state index in [1.807, 2.05) is 6.92 Å². The summed E-state index contributed by atoms with van der Waals surface area (Å²) in [7, 11) is 0. The number of halogens is 1. The van der Waals surface area contributed by atoms with Crippen molar-refractivity contribution in [1.29, 1.82) is 0 Å². The van der Waals surface area contributed by atoms with Crippen molar-refractivity contribution in [2.24, 2.45) is 0 Å². The van der Waals surface area contributed by atoms with E-state index >= 15 is 0 Å². The molecule has 2 N–H and O–H groups in total. The average Bonchev–Trinajstić information content (AvgIpc) is 2.64. The molecule has 0 aliphatic heterocycles. The first-order valence-electron chi connectivity index (χ1n) is 4.98. The van der Waals surface area contributed by atoms with Crippen LogP contribution in [0.2, 0.25) is 5.22 Å². The van der Waals surface area contributed by atoms with Gasteiger partial charge in [-0.05, 0) is 43.2 Å². The van der Waals surface area contributed by atoms with Gasteiger partial charge in [-0.2, -0.15) is 0 Å². The summed E-state index contributed by atoms with van der Waals surface area (Å²) < 4.78 is 4.96. The van der Waals surface area contributed by atoms with Gasteiger partial charge in [0.05, 0.1) is 0 Å². The summed E-state index contributed by atoms with van der Waals surface area (Å²) in [5, 5.41) is 6.14. The Kier molecular flexibility index (Phi) is 5.21. The van der Waals surface area contributed by atoms with Gasteiger partial charge in [0.15, 0.2) is 11.0 Å². The van der Waals surface area contributed by atoms with E-state index < -0.39 is 0 Å². The summed E-state index contributed by atoms with van der Waals surface area (Å²) in [6, 6.07) is 3.11. The molecule has 0 atom stereocenters. The predicted octanol–water partition coefficient (Wildman–Crippen LogP) is 1.66. The van der Waals surface area contributed by atoms with Gasteiger partial charge in [-0.25, -0.2) is 0 Å². The highest BCUT2D eigenvalue weighted by Crippen LogP contribution is 2.12. The monoisotopic (exact) mass is 230 g/mol. The van der Waals surface area contributed by atoms with Gasteiger partial charge in [0.2, 0.25) is 0 Å². The molecule has 0 aliphatic carbocycles. The van der Waals surface area contributed by atoms with Crippen LogP contribution < -0.4 is 10.6 Å². The Morgan fingerprint density at radius 1 is 1.47 bits per heavy atom. The smallest absolute Gasteiger partial charge is 0.287 e. The Balaban J connectivity index is 2.19. The van der Waals surface area contributed by atoms with Crippen LogP contribution in [0, 0.1) is 0 Å². The molecule has 1 aromatic heterocycles. The van der Waals surface area contributed by atoms with Crippen molar-refractivity contribution in [2.75, 3.05) is 19.6 Å². The van der Waals surface area contributed by atoms with Crippen LogP contribution in [-0.2, 0) is 0 Å². The van der Waals surface area contributed by atoms with Crippen molar-refractivity contribution in [3.63, 3.8) is 0 Å². The molecular formula is C10H15ClN2O2.